The molecule has 0 unspecified atom stereocenters. The number of carbonyl (C=O) groups is 1. The van der Waals surface area contributed by atoms with Crippen molar-refractivity contribution in [2.75, 3.05) is 14.1 Å². The predicted octanol–water partition coefficient (Wildman–Crippen LogP) is 2.92. The van der Waals surface area contributed by atoms with Crippen molar-refractivity contribution in [3.05, 3.63) is 54.9 Å². The van der Waals surface area contributed by atoms with E-state index in [9.17, 15) is 4.79 Å². The van der Waals surface area contributed by atoms with Crippen LogP contribution in [0.4, 0.5) is 0 Å². The average molecular weight is 295 g/mol. The number of para-hydroxylation sites is 1. The molecule has 3 rings (SSSR count). The third-order valence-electron chi connectivity index (χ3n) is 3.38. The van der Waals surface area contributed by atoms with E-state index in [2.05, 4.69) is 4.98 Å². The topological polar surface area (TPSA) is 47.4 Å². The fourth-order valence-electron chi connectivity index (χ4n) is 2.14. The van der Waals surface area contributed by atoms with Gasteiger partial charge >= 0.3 is 0 Å². The monoisotopic (exact) mass is 295 g/mol. The van der Waals surface area contributed by atoms with E-state index in [0.29, 0.717) is 0 Å². The summed E-state index contributed by atoms with van der Waals surface area (Å²) in [5, 5.41) is 0. The number of ether oxygens (including phenoxy) is 1. The molecule has 0 N–H and O–H groups in total. The van der Waals surface area contributed by atoms with Gasteiger partial charge in [-0.05, 0) is 24.3 Å². The second kappa shape index (κ2) is 5.89. The molecule has 1 heterocycles. The lowest BCUT2D eigenvalue weighted by Gasteiger charge is -2.11. The van der Waals surface area contributed by atoms with Crippen molar-refractivity contribution in [3.8, 4) is 11.5 Å². The average Bonchev–Trinajstić information content (AvgIpc) is 2.90. The van der Waals surface area contributed by atoms with Gasteiger partial charge in [-0.25, -0.2) is 4.98 Å². The first-order chi connectivity index (χ1) is 10.6. The molecule has 0 bridgehead atoms. The molecule has 1 amide bonds. The van der Waals surface area contributed by atoms with Crippen LogP contribution in [0.5, 0.6) is 11.5 Å². The summed E-state index contributed by atoms with van der Waals surface area (Å²) in [7, 11) is 3.49. The van der Waals surface area contributed by atoms with Crippen LogP contribution in [0, 0.1) is 0 Å². The number of rotatable bonds is 4. The zero-order chi connectivity index (χ0) is 15.5. The molecule has 0 saturated heterocycles. The highest BCUT2D eigenvalue weighted by molar-refractivity contribution is 5.81. The van der Waals surface area contributed by atoms with E-state index in [1.807, 2.05) is 53.1 Å². The number of fused-ring (bicyclic) bond motifs is 1. The Kier molecular flexibility index (Phi) is 3.78. The van der Waals surface area contributed by atoms with Gasteiger partial charge in [-0.15, -0.1) is 0 Å². The van der Waals surface area contributed by atoms with Gasteiger partial charge in [0.25, 0.3) is 0 Å². The van der Waals surface area contributed by atoms with Crippen LogP contribution >= 0.6 is 0 Å². The Bertz CT molecular complexity index is 794. The standard InChI is InChI=1S/C17H17N3O2/c1-19(2)17(21)11-20-12-18-15-10-14(8-9-16(15)20)22-13-6-4-3-5-7-13/h3-10,12H,11H2,1-2H3. The number of benzene rings is 2. The van der Waals surface area contributed by atoms with Crippen molar-refractivity contribution in [2.24, 2.45) is 0 Å². The Labute approximate surface area is 128 Å². The molecule has 5 nitrogen and oxygen atoms in total. The van der Waals surface area contributed by atoms with Gasteiger partial charge in [0.05, 0.1) is 17.4 Å². The van der Waals surface area contributed by atoms with Crippen LogP contribution in [-0.2, 0) is 11.3 Å². The SMILES string of the molecule is CN(C)C(=O)Cn1cnc2cc(Oc3ccccc3)ccc21. The lowest BCUT2D eigenvalue weighted by Crippen LogP contribution is -2.25. The second-order valence-corrected chi connectivity index (χ2v) is 5.23. The fourth-order valence-corrected chi connectivity index (χ4v) is 2.14. The van der Waals surface area contributed by atoms with Gasteiger partial charge in [0.1, 0.15) is 18.0 Å². The van der Waals surface area contributed by atoms with Crippen LogP contribution in [-0.4, -0.2) is 34.5 Å². The van der Waals surface area contributed by atoms with Crippen LogP contribution in [0.2, 0.25) is 0 Å². The van der Waals surface area contributed by atoms with Crippen LogP contribution in [0.3, 0.4) is 0 Å². The third kappa shape index (κ3) is 2.93. The van der Waals surface area contributed by atoms with Crippen molar-refractivity contribution >= 4 is 16.9 Å². The van der Waals surface area contributed by atoms with E-state index < -0.39 is 0 Å². The first kappa shape index (κ1) is 14.1. The lowest BCUT2D eigenvalue weighted by atomic mass is 10.3. The number of amides is 1. The molecular weight excluding hydrogens is 278 g/mol. The maximum atomic E-state index is 11.8. The summed E-state index contributed by atoms with van der Waals surface area (Å²) in [6.45, 7) is 0.280. The molecular formula is C17H17N3O2. The Hall–Kier alpha value is -2.82. The van der Waals surface area contributed by atoms with Crippen LogP contribution in [0.25, 0.3) is 11.0 Å². The zero-order valence-electron chi connectivity index (χ0n) is 12.6. The minimum atomic E-state index is 0.0314. The number of hydrogen-bond donors (Lipinski definition) is 0. The predicted molar refractivity (Wildman–Crippen MR) is 84.9 cm³/mol. The zero-order valence-corrected chi connectivity index (χ0v) is 12.6. The largest absolute Gasteiger partial charge is 0.457 e. The smallest absolute Gasteiger partial charge is 0.242 e. The van der Waals surface area contributed by atoms with Gasteiger partial charge in [0, 0.05) is 20.2 Å². The van der Waals surface area contributed by atoms with Crippen molar-refractivity contribution in [1.82, 2.24) is 14.5 Å². The number of aromatic nitrogens is 2. The van der Waals surface area contributed by atoms with Gasteiger partial charge in [-0.1, -0.05) is 18.2 Å². The summed E-state index contributed by atoms with van der Waals surface area (Å²) in [5.74, 6) is 1.54. The van der Waals surface area contributed by atoms with Crippen molar-refractivity contribution in [3.63, 3.8) is 0 Å². The number of imidazole rings is 1. The lowest BCUT2D eigenvalue weighted by molar-refractivity contribution is -0.129. The van der Waals surface area contributed by atoms with Crippen LogP contribution in [0.15, 0.2) is 54.9 Å². The Morgan fingerprint density at radius 3 is 2.64 bits per heavy atom. The van der Waals surface area contributed by atoms with Gasteiger partial charge in [0.2, 0.25) is 5.91 Å². The Morgan fingerprint density at radius 1 is 1.14 bits per heavy atom. The van der Waals surface area contributed by atoms with E-state index in [1.54, 1.807) is 25.3 Å². The molecule has 0 spiro atoms. The summed E-state index contributed by atoms with van der Waals surface area (Å²) < 4.78 is 7.63. The highest BCUT2D eigenvalue weighted by Crippen LogP contribution is 2.24. The molecule has 22 heavy (non-hydrogen) atoms. The van der Waals surface area contributed by atoms with Crippen molar-refractivity contribution in [1.29, 1.82) is 0 Å². The minimum absolute atomic E-state index is 0.0314. The third-order valence-corrected chi connectivity index (χ3v) is 3.38. The van der Waals surface area contributed by atoms with E-state index >= 15 is 0 Å². The van der Waals surface area contributed by atoms with Crippen LogP contribution in [0.1, 0.15) is 0 Å². The van der Waals surface area contributed by atoms with E-state index in [-0.39, 0.29) is 12.5 Å². The summed E-state index contributed by atoms with van der Waals surface area (Å²) in [6.07, 6.45) is 1.68. The molecule has 0 fully saturated rings. The normalized spacial score (nSPS) is 10.6. The summed E-state index contributed by atoms with van der Waals surface area (Å²) >= 11 is 0. The van der Waals surface area contributed by atoms with E-state index in [4.69, 9.17) is 4.74 Å². The van der Waals surface area contributed by atoms with E-state index in [0.717, 1.165) is 22.5 Å². The highest BCUT2D eigenvalue weighted by atomic mass is 16.5. The molecule has 0 aliphatic carbocycles. The van der Waals surface area contributed by atoms with Gasteiger partial charge < -0.3 is 14.2 Å². The maximum Gasteiger partial charge on any atom is 0.242 e. The molecule has 0 atom stereocenters. The molecule has 2 aromatic carbocycles. The Morgan fingerprint density at radius 2 is 1.91 bits per heavy atom. The fraction of sp³-hybridized carbons (Fsp3) is 0.176. The molecule has 1 aromatic heterocycles. The molecule has 5 heteroatoms. The molecule has 112 valence electrons. The summed E-state index contributed by atoms with van der Waals surface area (Å²) in [5.41, 5.74) is 1.72. The van der Waals surface area contributed by atoms with E-state index in [1.165, 1.54) is 0 Å². The maximum absolute atomic E-state index is 11.8. The number of hydrogen-bond acceptors (Lipinski definition) is 3. The second-order valence-electron chi connectivity index (χ2n) is 5.23. The summed E-state index contributed by atoms with van der Waals surface area (Å²) in [6, 6.07) is 15.3. The number of carbonyl (C=O) groups excluding carboxylic acids is 1. The highest BCUT2D eigenvalue weighted by Gasteiger charge is 2.09. The minimum Gasteiger partial charge on any atom is -0.457 e. The molecule has 0 aliphatic rings. The summed E-state index contributed by atoms with van der Waals surface area (Å²) in [4.78, 5) is 17.7. The van der Waals surface area contributed by atoms with Crippen LogP contribution < -0.4 is 4.74 Å². The first-order valence-electron chi connectivity index (χ1n) is 7.01. The number of nitrogens with zero attached hydrogens (tertiary/aromatic N) is 3. The van der Waals surface area contributed by atoms with Gasteiger partial charge in [-0.3, -0.25) is 4.79 Å². The first-order valence-corrected chi connectivity index (χ1v) is 7.01. The molecule has 3 aromatic rings. The molecule has 0 saturated carbocycles. The number of likely N-dealkylation sites (N-methyl/N-ethyl adjacent to an activating group) is 1. The van der Waals surface area contributed by atoms with Crippen molar-refractivity contribution < 1.29 is 9.53 Å². The molecule has 0 aliphatic heterocycles. The quantitative estimate of drug-likeness (QED) is 0.743. The van der Waals surface area contributed by atoms with Gasteiger partial charge in [0.15, 0.2) is 0 Å². The molecule has 0 radical (unpaired) electrons. The Balaban J connectivity index is 1.84. The van der Waals surface area contributed by atoms with Gasteiger partial charge in [-0.2, -0.15) is 0 Å². The van der Waals surface area contributed by atoms with Crippen molar-refractivity contribution in [2.45, 2.75) is 6.54 Å².